The van der Waals surface area contributed by atoms with E-state index in [2.05, 4.69) is 21.0 Å². The number of rotatable bonds is 71. The third-order valence-electron chi connectivity index (χ3n) is 11.7. The van der Waals surface area contributed by atoms with Gasteiger partial charge in [-0.05, 0) is 12.8 Å². The number of unbranched alkanes of at least 4 members (excludes halogenated alkanes) is 9. The maximum Gasteiger partial charge on any atom is 0.311 e. The van der Waals surface area contributed by atoms with Crippen LogP contribution in [0.25, 0.3) is 0 Å². The van der Waals surface area contributed by atoms with Crippen molar-refractivity contribution in [1.82, 2.24) is 0 Å². The van der Waals surface area contributed by atoms with E-state index in [9.17, 15) is 14.7 Å². The number of likely N-dealkylation sites (N-methyl/N-ethyl adjacent to an activating group) is 1. The van der Waals surface area contributed by atoms with Gasteiger partial charge in [0.2, 0.25) is 0 Å². The number of aliphatic hydroxyl groups excluding tert-OH is 2. The monoisotopic (exact) mass is 1280 g/mol. The molecule has 0 aliphatic heterocycles. The quantitative estimate of drug-likeness (QED) is 0.0308. The van der Waals surface area contributed by atoms with Crippen LogP contribution >= 0.6 is 0 Å². The lowest BCUT2D eigenvalue weighted by atomic mass is 10.1. The van der Waals surface area contributed by atoms with Gasteiger partial charge in [0, 0.05) is 0 Å². The van der Waals surface area contributed by atoms with Crippen molar-refractivity contribution in [2.45, 2.75) is 89.8 Å². The summed E-state index contributed by atoms with van der Waals surface area (Å²) in [4.78, 5) is 25.9. The van der Waals surface area contributed by atoms with Gasteiger partial charge in [-0.15, -0.1) is 0 Å². The Kier molecular flexibility index (Phi) is 68.6. The molecule has 0 bridgehead atoms. The molecule has 83 heavy (non-hydrogen) atoms. The minimum absolute atomic E-state index is 0. The Labute approximate surface area is 508 Å². The van der Waals surface area contributed by atoms with E-state index in [-0.39, 0.29) is 76.4 Å². The molecule has 0 aromatic carbocycles. The number of quaternary nitrogens is 1. The molecule has 0 amide bonds. The molecule has 0 heterocycles. The summed E-state index contributed by atoms with van der Waals surface area (Å²) in [5.74, 6) is -3.63. The molecule has 25 nitrogen and oxygen atoms in total. The van der Waals surface area contributed by atoms with Gasteiger partial charge in [0.25, 0.3) is 0 Å². The van der Waals surface area contributed by atoms with Crippen LogP contribution in [0.15, 0.2) is 0 Å². The number of carbonyl (C=O) groups is 2. The van der Waals surface area contributed by atoms with Crippen LogP contribution in [-0.2, 0) is 99.6 Å². The van der Waals surface area contributed by atoms with Gasteiger partial charge >= 0.3 is 11.9 Å². The Morgan fingerprint density at radius 1 is 0.313 bits per heavy atom. The molecule has 0 radical (unpaired) electrons. The van der Waals surface area contributed by atoms with Crippen molar-refractivity contribution in [2.75, 3.05) is 272 Å². The maximum absolute atomic E-state index is 12.9. The van der Waals surface area contributed by atoms with E-state index in [0.717, 1.165) is 19.4 Å². The summed E-state index contributed by atoms with van der Waals surface area (Å²) in [6.45, 7) is 16.3. The van der Waals surface area contributed by atoms with Crippen LogP contribution in [0.3, 0.4) is 0 Å². The second kappa shape index (κ2) is 68.1. The zero-order valence-corrected chi connectivity index (χ0v) is 52.9. The first-order chi connectivity index (χ1) is 40.2. The van der Waals surface area contributed by atoms with Crippen LogP contribution in [0.5, 0.6) is 0 Å². The lowest BCUT2D eigenvalue weighted by molar-refractivity contribution is -0.891. The first-order valence-electron chi connectivity index (χ1n) is 30.1. The predicted molar refractivity (Wildman–Crippen MR) is 303 cm³/mol. The lowest BCUT2D eigenvalue weighted by Crippen LogP contribution is -3.00. The topological polar surface area (TPSA) is 270 Å². The Balaban J connectivity index is 0. The molecule has 0 fully saturated rings. The van der Waals surface area contributed by atoms with Crippen molar-refractivity contribution in [1.29, 1.82) is 0 Å². The number of nitrogens with zero attached hydrogens (tertiary/aromatic N) is 1. The van der Waals surface area contributed by atoms with Gasteiger partial charge in [-0.25, -0.2) is 0 Å². The van der Waals surface area contributed by atoms with Crippen molar-refractivity contribution in [3.8, 4) is 0 Å². The summed E-state index contributed by atoms with van der Waals surface area (Å²) in [5, 5.41) is 28.8. The Hall–Kier alpha value is -1.42. The zero-order valence-electron chi connectivity index (χ0n) is 51.3. The first kappa shape index (κ1) is 83.6. The number of hydrogen-bond donors (Lipinski definition) is 3. The third-order valence-corrected chi connectivity index (χ3v) is 11.7. The van der Waals surface area contributed by atoms with Crippen LogP contribution in [-0.4, -0.2) is 309 Å². The summed E-state index contributed by atoms with van der Waals surface area (Å²) >= 11 is 0. The molecule has 26 heteroatoms. The van der Waals surface area contributed by atoms with E-state index in [1.807, 2.05) is 0 Å². The molecule has 0 aliphatic rings. The fourth-order valence-electron chi connectivity index (χ4n) is 7.18. The highest BCUT2D eigenvalue weighted by molar-refractivity contribution is 5.74. The molecule has 3 N–H and O–H groups in total. The third kappa shape index (κ3) is 67.9. The SMILES string of the molecule is CCCCCCCCCCCC[N+](C)(C)CCOC(O)(CC(=O)OCCOCCOCCOCCOCCOCCOCCOCCOCCO)CC(=O)OCCOCCOCCOCCOCCOCCOCCOCCOCCO.[Br-]. The highest BCUT2D eigenvalue weighted by Crippen LogP contribution is 2.20. The van der Waals surface area contributed by atoms with Crippen molar-refractivity contribution in [3.63, 3.8) is 0 Å². The van der Waals surface area contributed by atoms with Crippen molar-refractivity contribution >= 4 is 11.9 Å². The molecular weight excluding hydrogens is 1160 g/mol. The molecule has 0 aromatic rings. The fourth-order valence-corrected chi connectivity index (χ4v) is 7.18. The van der Waals surface area contributed by atoms with Crippen LogP contribution < -0.4 is 17.0 Å². The minimum atomic E-state index is -2.14. The Bertz CT molecular complexity index is 1230. The van der Waals surface area contributed by atoms with Crippen LogP contribution in [0.2, 0.25) is 0 Å². The van der Waals surface area contributed by atoms with Crippen LogP contribution in [0.1, 0.15) is 84.0 Å². The summed E-state index contributed by atoms with van der Waals surface area (Å²) in [6, 6.07) is 0. The van der Waals surface area contributed by atoms with E-state index >= 15 is 0 Å². The van der Waals surface area contributed by atoms with Gasteiger partial charge in [0.05, 0.1) is 265 Å². The molecule has 0 aliphatic carbocycles. The van der Waals surface area contributed by atoms with E-state index < -0.39 is 30.6 Å². The minimum Gasteiger partial charge on any atom is -1.00 e. The molecule has 0 atom stereocenters. The highest BCUT2D eigenvalue weighted by Gasteiger charge is 2.36. The Morgan fingerprint density at radius 2 is 0.530 bits per heavy atom. The lowest BCUT2D eigenvalue weighted by Gasteiger charge is -2.32. The highest BCUT2D eigenvalue weighted by atomic mass is 79.9. The molecule has 0 unspecified atom stereocenters. The number of hydrogen-bond acceptors (Lipinski definition) is 24. The molecule has 0 rings (SSSR count). The summed E-state index contributed by atoms with van der Waals surface area (Å²) in [7, 11) is 4.21. The van der Waals surface area contributed by atoms with Gasteiger partial charge in [-0.2, -0.15) is 0 Å². The van der Waals surface area contributed by atoms with Crippen molar-refractivity contribution in [2.24, 2.45) is 0 Å². The van der Waals surface area contributed by atoms with Gasteiger partial charge in [0.15, 0.2) is 5.79 Å². The smallest absolute Gasteiger partial charge is 0.311 e. The van der Waals surface area contributed by atoms with Crippen LogP contribution in [0, 0.1) is 0 Å². The summed E-state index contributed by atoms with van der Waals surface area (Å²) in [5.41, 5.74) is 0. The Morgan fingerprint density at radius 3 is 0.771 bits per heavy atom. The van der Waals surface area contributed by atoms with E-state index in [4.69, 9.17) is 100 Å². The molecule has 0 saturated carbocycles. The zero-order chi connectivity index (χ0) is 59.7. The van der Waals surface area contributed by atoms with E-state index in [0.29, 0.717) is 196 Å². The number of ether oxygens (including phenoxy) is 19. The van der Waals surface area contributed by atoms with Crippen molar-refractivity contribution < 1.29 is 136 Å². The fraction of sp³-hybridized carbons (Fsp3) is 0.965. The molecule has 0 saturated heterocycles. The number of esters is 2. The molecule has 0 aromatic heterocycles. The first-order valence-corrected chi connectivity index (χ1v) is 30.1. The van der Waals surface area contributed by atoms with Gasteiger partial charge in [0.1, 0.15) is 19.8 Å². The molecule has 498 valence electrons. The number of halogens is 1. The standard InChI is InChI=1S/C57H114NO24.BrH/c1-4-5-6-7-8-9-10-11-12-13-14-58(2,3)15-18-82-57(63,53-55(61)80-51-49-78-47-45-76-43-41-74-39-37-72-35-33-70-31-29-68-27-25-66-23-21-64-19-16-59)54-56(62)81-52-50-79-48-46-77-44-42-75-40-38-73-36-34-71-32-30-69-28-26-67-24-22-65-20-17-60;/h59-60,63H,4-54H2,1-3H3;1H/q+1;/p-1. The van der Waals surface area contributed by atoms with E-state index in [1.165, 1.54) is 51.4 Å². The number of carbonyl (C=O) groups excluding carboxylic acids is 2. The average Bonchev–Trinajstić information content (AvgIpc) is 3.46. The van der Waals surface area contributed by atoms with Crippen molar-refractivity contribution in [3.05, 3.63) is 0 Å². The second-order valence-corrected chi connectivity index (χ2v) is 19.4. The second-order valence-electron chi connectivity index (χ2n) is 19.4. The summed E-state index contributed by atoms with van der Waals surface area (Å²) in [6.07, 6.45) is 11.4. The normalized spacial score (nSPS) is 11.9. The van der Waals surface area contributed by atoms with Gasteiger partial charge in [-0.1, -0.05) is 58.3 Å². The maximum atomic E-state index is 12.9. The van der Waals surface area contributed by atoms with Crippen LogP contribution in [0.4, 0.5) is 0 Å². The van der Waals surface area contributed by atoms with Gasteiger partial charge < -0.3 is 127 Å². The number of aliphatic hydroxyl groups is 3. The average molecular weight is 1280 g/mol. The molecular formula is C57H114BrNO24. The van der Waals surface area contributed by atoms with E-state index in [1.54, 1.807) is 0 Å². The van der Waals surface area contributed by atoms with Gasteiger partial charge in [-0.3, -0.25) is 9.59 Å². The molecule has 0 spiro atoms. The summed E-state index contributed by atoms with van der Waals surface area (Å²) < 4.78 is 104. The largest absolute Gasteiger partial charge is 1.00 e. The predicted octanol–water partition coefficient (Wildman–Crippen LogP) is -0.190.